The summed E-state index contributed by atoms with van der Waals surface area (Å²) in [5.74, 6) is -2.49. The Kier molecular flexibility index (Phi) is 9.22. The van der Waals surface area contributed by atoms with E-state index in [1.54, 1.807) is 23.1 Å². The minimum Gasteiger partial charge on any atom is -0.481 e. The van der Waals surface area contributed by atoms with Gasteiger partial charge in [0.2, 0.25) is 5.88 Å². The van der Waals surface area contributed by atoms with Crippen molar-refractivity contribution in [3.05, 3.63) is 77.7 Å². The lowest BCUT2D eigenvalue weighted by Gasteiger charge is -2.35. The van der Waals surface area contributed by atoms with Crippen LogP contribution in [0.15, 0.2) is 61.1 Å². The lowest BCUT2D eigenvalue weighted by atomic mass is 9.72. The molecule has 5 rings (SSSR count). The summed E-state index contributed by atoms with van der Waals surface area (Å²) in [5.41, 5.74) is -0.733. The molecule has 2 aliphatic heterocycles. The zero-order valence-corrected chi connectivity index (χ0v) is 25.6. The minimum atomic E-state index is -4.62. The molecule has 10 nitrogen and oxygen atoms in total. The maximum absolute atomic E-state index is 14.6. The molecular formula is C32H38F3N5O5. The van der Waals surface area contributed by atoms with E-state index in [1.807, 2.05) is 51.1 Å². The Morgan fingerprint density at radius 1 is 1.16 bits per heavy atom. The second kappa shape index (κ2) is 12.8. The van der Waals surface area contributed by atoms with Gasteiger partial charge >= 0.3 is 12.1 Å². The van der Waals surface area contributed by atoms with Crippen molar-refractivity contribution < 1.29 is 37.3 Å². The van der Waals surface area contributed by atoms with Crippen LogP contribution in [0, 0.1) is 17.3 Å². The Labute approximate surface area is 259 Å². The van der Waals surface area contributed by atoms with E-state index in [-0.39, 0.29) is 23.9 Å². The van der Waals surface area contributed by atoms with Crippen molar-refractivity contribution in [2.45, 2.75) is 70.7 Å². The Balaban J connectivity index is 1.57. The van der Waals surface area contributed by atoms with Crippen LogP contribution in [0.5, 0.6) is 5.88 Å². The van der Waals surface area contributed by atoms with Gasteiger partial charge in [-0.05, 0) is 29.5 Å². The maximum Gasteiger partial charge on any atom is 0.417 e. The molecule has 0 bridgehead atoms. The third-order valence-corrected chi connectivity index (χ3v) is 8.73. The number of nitrogens with zero attached hydrogens (tertiary/aromatic N) is 4. The van der Waals surface area contributed by atoms with Gasteiger partial charge in [0, 0.05) is 61.7 Å². The van der Waals surface area contributed by atoms with E-state index < -0.39 is 59.2 Å². The molecule has 45 heavy (non-hydrogen) atoms. The van der Waals surface area contributed by atoms with Gasteiger partial charge in [0.05, 0.1) is 18.7 Å². The molecule has 2 N–H and O–H groups in total. The second-order valence-corrected chi connectivity index (χ2v) is 12.6. The van der Waals surface area contributed by atoms with E-state index in [0.717, 1.165) is 6.07 Å². The van der Waals surface area contributed by atoms with Crippen LogP contribution in [-0.4, -0.2) is 68.6 Å². The number of pyridine rings is 1. The van der Waals surface area contributed by atoms with E-state index in [1.165, 1.54) is 12.0 Å². The monoisotopic (exact) mass is 629 g/mol. The highest BCUT2D eigenvalue weighted by molar-refractivity contribution is 5.88. The van der Waals surface area contributed by atoms with Crippen molar-refractivity contribution in [2.75, 3.05) is 13.7 Å². The van der Waals surface area contributed by atoms with Gasteiger partial charge in [-0.2, -0.15) is 18.3 Å². The molecule has 0 spiro atoms. The molecule has 1 aromatic carbocycles. The molecule has 0 unspecified atom stereocenters. The highest BCUT2D eigenvalue weighted by atomic mass is 19.4. The quantitative estimate of drug-likeness (QED) is 0.354. The maximum atomic E-state index is 14.6. The molecule has 13 heteroatoms. The summed E-state index contributed by atoms with van der Waals surface area (Å²) >= 11 is 0. The van der Waals surface area contributed by atoms with Gasteiger partial charge in [0.25, 0.3) is 5.91 Å². The summed E-state index contributed by atoms with van der Waals surface area (Å²) in [4.78, 5) is 33.0. The van der Waals surface area contributed by atoms with Crippen LogP contribution in [0.3, 0.4) is 0 Å². The zero-order chi connectivity index (χ0) is 32.5. The van der Waals surface area contributed by atoms with Gasteiger partial charge in [0.15, 0.2) is 0 Å². The number of carboxylic acid groups (broad SMARTS) is 1. The molecular weight excluding hydrogens is 591 g/mol. The number of likely N-dealkylation sites (tertiary alicyclic amines) is 1. The van der Waals surface area contributed by atoms with Gasteiger partial charge in [0.1, 0.15) is 12.1 Å². The summed E-state index contributed by atoms with van der Waals surface area (Å²) in [5, 5.41) is 18.4. The fraction of sp³-hybridized carbons (Fsp3) is 0.500. The lowest BCUT2D eigenvalue weighted by molar-refractivity contribution is -0.157. The van der Waals surface area contributed by atoms with Crippen LogP contribution in [0.2, 0.25) is 0 Å². The third-order valence-electron chi connectivity index (χ3n) is 8.73. The van der Waals surface area contributed by atoms with Crippen LogP contribution in [-0.2, 0) is 33.6 Å². The number of aromatic nitrogens is 3. The Hall–Kier alpha value is -3.97. The molecule has 2 aliphatic rings. The first-order chi connectivity index (χ1) is 21.3. The summed E-state index contributed by atoms with van der Waals surface area (Å²) in [7, 11) is 1.32. The number of halogens is 3. The van der Waals surface area contributed by atoms with Crippen LogP contribution in [0.25, 0.3) is 0 Å². The molecule has 4 heterocycles. The number of alkyl halides is 3. The molecule has 0 aliphatic carbocycles. The smallest absolute Gasteiger partial charge is 0.417 e. The van der Waals surface area contributed by atoms with Crippen LogP contribution in [0.4, 0.5) is 13.2 Å². The van der Waals surface area contributed by atoms with Gasteiger partial charge < -0.3 is 24.8 Å². The van der Waals surface area contributed by atoms with Crippen molar-refractivity contribution >= 4 is 11.9 Å². The lowest BCUT2D eigenvalue weighted by Crippen LogP contribution is -2.51. The zero-order valence-electron chi connectivity index (χ0n) is 25.6. The number of aliphatic carboxylic acids is 1. The number of carbonyl (C=O) groups is 2. The standard InChI is InChI=1S/C32H38F3N5O5/c1-31(2,3)23-24(36-16-21-15-22(32(33,34)35)17-37-28(21)44-4)25(19-9-6-5-7-10-19)40(26(23)30(42)43)29(41)27-20(11-14-45-27)18-39-13-8-12-38-39/h5-10,12-13,15,17,20,23-27,36H,11,14,16,18H2,1-4H3,(H,42,43)/t20-,23+,24+,25+,26+,27-/m1/s1. The highest BCUT2D eigenvalue weighted by Gasteiger charge is 2.59. The van der Waals surface area contributed by atoms with E-state index >= 15 is 0 Å². The number of hydrogen-bond donors (Lipinski definition) is 2. The Bertz CT molecular complexity index is 1480. The van der Waals surface area contributed by atoms with E-state index in [0.29, 0.717) is 31.3 Å². The number of benzene rings is 1. The van der Waals surface area contributed by atoms with Crippen molar-refractivity contribution in [1.29, 1.82) is 0 Å². The number of ether oxygens (including phenoxy) is 2. The number of carboxylic acids is 1. The molecule has 2 aromatic heterocycles. The molecule has 2 fully saturated rings. The molecule has 1 amide bonds. The molecule has 6 atom stereocenters. The van der Waals surface area contributed by atoms with Gasteiger partial charge in [-0.3, -0.25) is 9.48 Å². The van der Waals surface area contributed by atoms with Crippen molar-refractivity contribution in [3.8, 4) is 5.88 Å². The molecule has 0 saturated carbocycles. The molecule has 3 aromatic rings. The second-order valence-electron chi connectivity index (χ2n) is 12.6. The number of methoxy groups -OCH3 is 1. The highest BCUT2D eigenvalue weighted by Crippen LogP contribution is 2.49. The van der Waals surface area contributed by atoms with Crippen LogP contribution in [0.1, 0.15) is 49.9 Å². The van der Waals surface area contributed by atoms with Crippen molar-refractivity contribution in [2.24, 2.45) is 17.3 Å². The number of carbonyl (C=O) groups excluding carboxylic acids is 1. The molecule has 242 valence electrons. The summed E-state index contributed by atoms with van der Waals surface area (Å²) in [6, 6.07) is 9.15. The third kappa shape index (κ3) is 6.69. The molecule has 2 saturated heterocycles. The van der Waals surface area contributed by atoms with Crippen LogP contribution < -0.4 is 10.1 Å². The van der Waals surface area contributed by atoms with Gasteiger partial charge in [-0.15, -0.1) is 0 Å². The average Bonchev–Trinajstić information content (AvgIpc) is 3.75. The Morgan fingerprint density at radius 2 is 1.89 bits per heavy atom. The van der Waals surface area contributed by atoms with Gasteiger partial charge in [-0.1, -0.05) is 51.1 Å². The van der Waals surface area contributed by atoms with E-state index in [4.69, 9.17) is 9.47 Å². The van der Waals surface area contributed by atoms with Crippen LogP contribution >= 0.6 is 0 Å². The first-order valence-electron chi connectivity index (χ1n) is 14.8. The number of amides is 1. The number of nitrogens with one attached hydrogen (secondary N) is 1. The number of rotatable bonds is 9. The first kappa shape index (κ1) is 32.4. The number of hydrogen-bond acceptors (Lipinski definition) is 7. The topological polar surface area (TPSA) is 119 Å². The SMILES string of the molecule is COc1ncc(C(F)(F)F)cc1CN[C@H]1[C@H](C(C)(C)C)[C@@H](C(=O)O)N(C(=O)[C@@H]2OCC[C@@H]2Cn2cccn2)[C@H]1c1ccccc1. The summed E-state index contributed by atoms with van der Waals surface area (Å²) in [6.45, 7) is 6.36. The fourth-order valence-electron chi connectivity index (χ4n) is 6.81. The van der Waals surface area contributed by atoms with E-state index in [9.17, 15) is 27.9 Å². The Morgan fingerprint density at radius 3 is 2.49 bits per heavy atom. The minimum absolute atomic E-state index is 0.0144. The predicted molar refractivity (Wildman–Crippen MR) is 157 cm³/mol. The van der Waals surface area contributed by atoms with Crippen molar-refractivity contribution in [1.82, 2.24) is 25.0 Å². The fourth-order valence-corrected chi connectivity index (χ4v) is 6.81. The summed E-state index contributed by atoms with van der Waals surface area (Å²) < 4.78 is 53.8. The van der Waals surface area contributed by atoms with Crippen molar-refractivity contribution in [3.63, 3.8) is 0 Å². The predicted octanol–water partition coefficient (Wildman–Crippen LogP) is 4.57. The molecule has 0 radical (unpaired) electrons. The van der Waals surface area contributed by atoms with E-state index in [2.05, 4.69) is 15.4 Å². The average molecular weight is 630 g/mol. The largest absolute Gasteiger partial charge is 0.481 e. The normalized spacial score (nSPS) is 25.4. The summed E-state index contributed by atoms with van der Waals surface area (Å²) in [6.07, 6.45) is -0.745. The van der Waals surface area contributed by atoms with Gasteiger partial charge in [-0.25, -0.2) is 9.78 Å². The first-order valence-corrected chi connectivity index (χ1v) is 14.8.